The number of nitrogens with one attached hydrogen (secondary N) is 3. The molecule has 1 aromatic carbocycles. The number of fused-ring (bicyclic) bond motifs is 2. The second-order valence-corrected chi connectivity index (χ2v) is 10.9. The average Bonchev–Trinajstić information content (AvgIpc) is 3.60. The molecule has 6 rings (SSSR count). The number of halogens is 1. The number of rotatable bonds is 10. The maximum Gasteiger partial charge on any atom is 0.238 e. The molecule has 44 heavy (non-hydrogen) atoms. The summed E-state index contributed by atoms with van der Waals surface area (Å²) in [6, 6.07) is 10.1. The van der Waals surface area contributed by atoms with Crippen LogP contribution in [0, 0.1) is 5.82 Å². The van der Waals surface area contributed by atoms with Crippen LogP contribution in [-0.2, 0) is 4.79 Å². The molecule has 0 aliphatic rings. The van der Waals surface area contributed by atoms with Gasteiger partial charge in [0.25, 0.3) is 0 Å². The minimum absolute atomic E-state index is 0.139. The van der Waals surface area contributed by atoms with Crippen molar-refractivity contribution < 1.29 is 13.9 Å². The van der Waals surface area contributed by atoms with Crippen molar-refractivity contribution in [2.24, 2.45) is 0 Å². The fraction of sp³-hybridized carbons (Fsp3) is 0.226. The fourth-order valence-electron chi connectivity index (χ4n) is 4.78. The van der Waals surface area contributed by atoms with E-state index in [-0.39, 0.29) is 12.5 Å². The standard InChI is InChI=1S/C31H31FN10O2/c1-41(2)7-8-44-22-11-18(9-20(32)12-22)28-30-24(5-6-34-28)37-31(38-30)29-23-13-25(35-16-26(23)39-40-29)19-10-21(15-33-14-19)36-27(43)17-42(3)4/h5-6,9-16H,7-8,17H2,1-4H3,(H,36,43)(H,37,38)(H,39,40). The number of pyridine rings is 3. The molecule has 0 saturated heterocycles. The molecule has 3 N–H and O–H groups in total. The van der Waals surface area contributed by atoms with Crippen LogP contribution in [0.15, 0.2) is 61.2 Å². The van der Waals surface area contributed by atoms with Gasteiger partial charge >= 0.3 is 0 Å². The van der Waals surface area contributed by atoms with Crippen molar-refractivity contribution in [3.63, 3.8) is 0 Å². The van der Waals surface area contributed by atoms with Crippen LogP contribution in [0.4, 0.5) is 10.1 Å². The number of hydrogen-bond acceptors (Lipinski definition) is 9. The van der Waals surface area contributed by atoms with Crippen LogP contribution in [0.1, 0.15) is 0 Å². The molecule has 6 aromatic rings. The Morgan fingerprint density at radius 3 is 2.64 bits per heavy atom. The molecule has 0 atom stereocenters. The van der Waals surface area contributed by atoms with Gasteiger partial charge in [-0.25, -0.2) is 9.37 Å². The molecule has 0 aliphatic heterocycles. The molecule has 0 unspecified atom stereocenters. The molecule has 1 amide bonds. The van der Waals surface area contributed by atoms with E-state index < -0.39 is 5.82 Å². The van der Waals surface area contributed by atoms with Crippen LogP contribution in [0.25, 0.3) is 56.0 Å². The zero-order valence-corrected chi connectivity index (χ0v) is 24.7. The smallest absolute Gasteiger partial charge is 0.238 e. The lowest BCUT2D eigenvalue weighted by Gasteiger charge is -2.12. The summed E-state index contributed by atoms with van der Waals surface area (Å²) in [5.41, 5.74) is 5.62. The normalized spacial score (nSPS) is 11.6. The molecule has 0 radical (unpaired) electrons. The zero-order valence-electron chi connectivity index (χ0n) is 24.7. The number of carbonyl (C=O) groups is 1. The van der Waals surface area contributed by atoms with Gasteiger partial charge in [-0.3, -0.25) is 24.8 Å². The minimum Gasteiger partial charge on any atom is -0.492 e. The number of hydrogen-bond donors (Lipinski definition) is 3. The van der Waals surface area contributed by atoms with Crippen molar-refractivity contribution in [1.82, 2.24) is 44.9 Å². The highest BCUT2D eigenvalue weighted by molar-refractivity contribution is 5.97. The summed E-state index contributed by atoms with van der Waals surface area (Å²) in [5.74, 6) is 0.371. The Labute approximate surface area is 252 Å². The Morgan fingerprint density at radius 1 is 0.955 bits per heavy atom. The summed E-state index contributed by atoms with van der Waals surface area (Å²) in [6.45, 7) is 1.38. The van der Waals surface area contributed by atoms with Crippen LogP contribution in [0.2, 0.25) is 0 Å². The number of anilines is 1. The summed E-state index contributed by atoms with van der Waals surface area (Å²) in [6.07, 6.45) is 6.63. The number of H-pyrrole nitrogens is 2. The number of amides is 1. The predicted octanol–water partition coefficient (Wildman–Crippen LogP) is 4.20. The van der Waals surface area contributed by atoms with Gasteiger partial charge in [-0.2, -0.15) is 5.10 Å². The monoisotopic (exact) mass is 594 g/mol. The Bertz CT molecular complexity index is 1970. The van der Waals surface area contributed by atoms with E-state index in [0.29, 0.717) is 58.6 Å². The third-order valence-electron chi connectivity index (χ3n) is 6.80. The maximum absolute atomic E-state index is 14.6. The first-order valence-electron chi connectivity index (χ1n) is 13.9. The number of carbonyl (C=O) groups excluding carboxylic acids is 1. The lowest BCUT2D eigenvalue weighted by molar-refractivity contribution is -0.116. The van der Waals surface area contributed by atoms with Gasteiger partial charge in [0.15, 0.2) is 5.82 Å². The highest BCUT2D eigenvalue weighted by atomic mass is 19.1. The summed E-state index contributed by atoms with van der Waals surface area (Å²) >= 11 is 0. The quantitative estimate of drug-likeness (QED) is 0.213. The van der Waals surface area contributed by atoms with Crippen LogP contribution in [0.3, 0.4) is 0 Å². The number of benzene rings is 1. The van der Waals surface area contributed by atoms with Gasteiger partial charge in [0.05, 0.1) is 47.0 Å². The predicted molar refractivity (Wildman–Crippen MR) is 167 cm³/mol. The van der Waals surface area contributed by atoms with Crippen molar-refractivity contribution in [2.45, 2.75) is 0 Å². The molecule has 5 aromatic heterocycles. The second kappa shape index (κ2) is 12.1. The van der Waals surface area contributed by atoms with Gasteiger partial charge in [-0.1, -0.05) is 0 Å². The van der Waals surface area contributed by atoms with Gasteiger partial charge in [0, 0.05) is 41.5 Å². The number of aromatic amines is 2. The maximum atomic E-state index is 14.6. The van der Waals surface area contributed by atoms with Gasteiger partial charge in [0.1, 0.15) is 29.4 Å². The highest BCUT2D eigenvalue weighted by Crippen LogP contribution is 2.33. The summed E-state index contributed by atoms with van der Waals surface area (Å²) < 4.78 is 20.4. The van der Waals surface area contributed by atoms with Gasteiger partial charge in [-0.05, 0) is 58.5 Å². The van der Waals surface area contributed by atoms with Crippen LogP contribution >= 0.6 is 0 Å². The summed E-state index contributed by atoms with van der Waals surface area (Å²) in [5, 5.41) is 11.2. The molecular weight excluding hydrogens is 563 g/mol. The second-order valence-electron chi connectivity index (χ2n) is 10.9. The third kappa shape index (κ3) is 6.23. The first-order chi connectivity index (χ1) is 21.2. The Morgan fingerprint density at radius 2 is 1.82 bits per heavy atom. The van der Waals surface area contributed by atoms with E-state index in [1.54, 1.807) is 35.8 Å². The van der Waals surface area contributed by atoms with E-state index >= 15 is 0 Å². The van der Waals surface area contributed by atoms with Crippen molar-refractivity contribution in [3.05, 3.63) is 67.0 Å². The lowest BCUT2D eigenvalue weighted by atomic mass is 10.1. The molecule has 0 bridgehead atoms. The van der Waals surface area contributed by atoms with Crippen molar-refractivity contribution in [3.8, 4) is 39.8 Å². The molecular formula is C31H31FN10O2. The number of ether oxygens (including phenoxy) is 1. The van der Waals surface area contributed by atoms with Crippen LogP contribution in [0.5, 0.6) is 5.75 Å². The molecule has 5 heterocycles. The highest BCUT2D eigenvalue weighted by Gasteiger charge is 2.18. The minimum atomic E-state index is -0.425. The third-order valence-corrected chi connectivity index (χ3v) is 6.80. The van der Waals surface area contributed by atoms with Gasteiger partial charge in [0.2, 0.25) is 5.91 Å². The van der Waals surface area contributed by atoms with E-state index in [1.165, 1.54) is 12.1 Å². The van der Waals surface area contributed by atoms with E-state index in [0.717, 1.165) is 22.0 Å². The molecule has 13 heteroatoms. The molecule has 12 nitrogen and oxygen atoms in total. The molecule has 0 fully saturated rings. The summed E-state index contributed by atoms with van der Waals surface area (Å²) in [7, 11) is 7.56. The van der Waals surface area contributed by atoms with Crippen molar-refractivity contribution in [1.29, 1.82) is 0 Å². The van der Waals surface area contributed by atoms with Crippen LogP contribution in [-0.4, -0.2) is 98.7 Å². The van der Waals surface area contributed by atoms with Gasteiger partial charge < -0.3 is 24.8 Å². The SMILES string of the molecule is CN(C)CCOc1cc(F)cc(-c2nccc3[nH]c(-c4n[nH]c5cnc(-c6cncc(NC(=O)CN(C)C)c6)cc45)nc23)c1. The molecule has 0 saturated carbocycles. The molecule has 224 valence electrons. The average molecular weight is 595 g/mol. The van der Waals surface area contributed by atoms with Crippen molar-refractivity contribution >= 4 is 33.5 Å². The van der Waals surface area contributed by atoms with Gasteiger partial charge in [-0.15, -0.1) is 0 Å². The number of aromatic nitrogens is 7. The number of imidazole rings is 1. The molecule has 0 aliphatic carbocycles. The lowest BCUT2D eigenvalue weighted by Crippen LogP contribution is -2.27. The topological polar surface area (TPSA) is 141 Å². The number of likely N-dealkylation sites (N-methyl/N-ethyl adjacent to an activating group) is 2. The Hall–Kier alpha value is -5.27. The van der Waals surface area contributed by atoms with E-state index in [4.69, 9.17) is 9.72 Å². The first kappa shape index (κ1) is 28.8. The fourth-order valence-corrected chi connectivity index (χ4v) is 4.78. The zero-order chi connectivity index (χ0) is 30.8. The Kier molecular flexibility index (Phi) is 7.96. The van der Waals surface area contributed by atoms with E-state index in [2.05, 4.69) is 35.5 Å². The summed E-state index contributed by atoms with van der Waals surface area (Å²) in [4.78, 5) is 37.6. The largest absolute Gasteiger partial charge is 0.492 e. The number of nitrogens with zero attached hydrogens (tertiary/aromatic N) is 7. The molecule has 0 spiro atoms. The first-order valence-corrected chi connectivity index (χ1v) is 13.9. The van der Waals surface area contributed by atoms with Crippen molar-refractivity contribution in [2.75, 3.05) is 53.2 Å². The Balaban J connectivity index is 1.33. The van der Waals surface area contributed by atoms with E-state index in [1.807, 2.05) is 51.3 Å². The van der Waals surface area contributed by atoms with E-state index in [9.17, 15) is 9.18 Å². The van der Waals surface area contributed by atoms with Crippen LogP contribution < -0.4 is 10.1 Å².